The maximum Gasteiger partial charge on any atom is 0.237 e. The third kappa shape index (κ3) is 4.16. The van der Waals surface area contributed by atoms with Gasteiger partial charge >= 0.3 is 0 Å². The predicted molar refractivity (Wildman–Crippen MR) is 62.3 cm³/mol. The number of amides is 1. The van der Waals surface area contributed by atoms with Crippen LogP contribution in [0.2, 0.25) is 0 Å². The third-order valence-corrected chi connectivity index (χ3v) is 2.46. The van der Waals surface area contributed by atoms with Crippen LogP contribution in [0.5, 0.6) is 0 Å². The Morgan fingerprint density at radius 2 is 2.29 bits per heavy atom. The third-order valence-electron chi connectivity index (χ3n) is 2.46. The van der Waals surface area contributed by atoms with Crippen LogP contribution in [0, 0.1) is 13.8 Å². The van der Waals surface area contributed by atoms with Gasteiger partial charge in [0.2, 0.25) is 11.8 Å². The largest absolute Gasteiger partial charge is 0.444 e. The van der Waals surface area contributed by atoms with Crippen molar-refractivity contribution in [3.8, 4) is 0 Å². The molecule has 0 saturated carbocycles. The Morgan fingerprint density at radius 1 is 1.59 bits per heavy atom. The molecule has 0 aromatic carbocycles. The Morgan fingerprint density at radius 3 is 2.82 bits per heavy atom. The van der Waals surface area contributed by atoms with Gasteiger partial charge in [-0.3, -0.25) is 4.79 Å². The second-order valence-corrected chi connectivity index (χ2v) is 3.85. The van der Waals surface area contributed by atoms with Gasteiger partial charge in [-0.15, -0.1) is 0 Å². The van der Waals surface area contributed by atoms with Crippen LogP contribution >= 0.6 is 0 Å². The molecule has 96 valence electrons. The Labute approximate surface area is 101 Å². The highest BCUT2D eigenvalue weighted by Crippen LogP contribution is 2.07. The SMILES string of the molecule is COCCC(N)C(=O)NCc1nc(C)c(C)o1. The molecular weight excluding hydrogens is 222 g/mol. The normalized spacial score (nSPS) is 12.5. The summed E-state index contributed by atoms with van der Waals surface area (Å²) < 4.78 is 10.2. The minimum absolute atomic E-state index is 0.226. The summed E-state index contributed by atoms with van der Waals surface area (Å²) in [5, 5.41) is 2.67. The number of nitrogens with two attached hydrogens (primary N) is 1. The lowest BCUT2D eigenvalue weighted by Gasteiger charge is -2.10. The smallest absolute Gasteiger partial charge is 0.237 e. The van der Waals surface area contributed by atoms with Crippen molar-refractivity contribution in [1.82, 2.24) is 10.3 Å². The highest BCUT2D eigenvalue weighted by Gasteiger charge is 2.14. The van der Waals surface area contributed by atoms with Crippen LogP contribution in [0.25, 0.3) is 0 Å². The molecule has 1 amide bonds. The molecule has 6 heteroatoms. The predicted octanol–water partition coefficient (Wildman–Crippen LogP) is 0.271. The van der Waals surface area contributed by atoms with E-state index in [1.807, 2.05) is 13.8 Å². The van der Waals surface area contributed by atoms with Crippen LogP contribution in [0.1, 0.15) is 23.8 Å². The zero-order valence-corrected chi connectivity index (χ0v) is 10.4. The number of carbonyl (C=O) groups is 1. The van der Waals surface area contributed by atoms with Crippen molar-refractivity contribution in [1.29, 1.82) is 0 Å². The number of ether oxygens (including phenoxy) is 1. The van der Waals surface area contributed by atoms with Gasteiger partial charge < -0.3 is 20.2 Å². The van der Waals surface area contributed by atoms with Crippen LogP contribution < -0.4 is 11.1 Å². The van der Waals surface area contributed by atoms with Gasteiger partial charge in [0.05, 0.1) is 18.3 Å². The molecule has 1 heterocycles. The molecule has 1 atom stereocenters. The zero-order valence-electron chi connectivity index (χ0n) is 10.4. The van der Waals surface area contributed by atoms with E-state index in [1.54, 1.807) is 7.11 Å². The van der Waals surface area contributed by atoms with Crippen molar-refractivity contribution < 1.29 is 13.9 Å². The summed E-state index contributed by atoms with van der Waals surface area (Å²) in [4.78, 5) is 15.7. The van der Waals surface area contributed by atoms with Gasteiger partial charge in [0.15, 0.2) is 0 Å². The van der Waals surface area contributed by atoms with Gasteiger partial charge in [0.1, 0.15) is 5.76 Å². The van der Waals surface area contributed by atoms with Crippen molar-refractivity contribution >= 4 is 5.91 Å². The van der Waals surface area contributed by atoms with E-state index in [2.05, 4.69) is 10.3 Å². The van der Waals surface area contributed by atoms with E-state index in [1.165, 1.54) is 0 Å². The number of oxazole rings is 1. The Kier molecular flexibility index (Phi) is 5.11. The highest BCUT2D eigenvalue weighted by molar-refractivity contribution is 5.81. The second-order valence-electron chi connectivity index (χ2n) is 3.85. The molecule has 0 aliphatic heterocycles. The number of hydrogen-bond acceptors (Lipinski definition) is 5. The van der Waals surface area contributed by atoms with Crippen molar-refractivity contribution in [2.45, 2.75) is 32.9 Å². The first-order chi connectivity index (χ1) is 8.04. The van der Waals surface area contributed by atoms with Crippen molar-refractivity contribution in [3.05, 3.63) is 17.3 Å². The summed E-state index contributed by atoms with van der Waals surface area (Å²) in [7, 11) is 1.57. The summed E-state index contributed by atoms with van der Waals surface area (Å²) in [6.07, 6.45) is 0.492. The first-order valence-corrected chi connectivity index (χ1v) is 5.49. The van der Waals surface area contributed by atoms with Crippen molar-refractivity contribution in [3.63, 3.8) is 0 Å². The van der Waals surface area contributed by atoms with Crippen LogP contribution in [0.15, 0.2) is 4.42 Å². The van der Waals surface area contributed by atoms with E-state index in [-0.39, 0.29) is 12.5 Å². The summed E-state index contributed by atoms with van der Waals surface area (Å²) in [5.74, 6) is 1.03. The number of rotatable bonds is 6. The molecule has 0 aliphatic rings. The molecule has 1 rings (SSSR count). The fraction of sp³-hybridized carbons (Fsp3) is 0.636. The van der Waals surface area contributed by atoms with Gasteiger partial charge in [-0.05, 0) is 20.3 Å². The maximum absolute atomic E-state index is 11.6. The Bertz CT molecular complexity index is 357. The van der Waals surface area contributed by atoms with Gasteiger partial charge in [0.25, 0.3) is 0 Å². The summed E-state index contributed by atoms with van der Waals surface area (Å²) in [5.41, 5.74) is 6.49. The number of hydrogen-bond donors (Lipinski definition) is 2. The Balaban J connectivity index is 2.37. The molecule has 3 N–H and O–H groups in total. The van der Waals surface area contributed by atoms with Crippen LogP contribution in [0.4, 0.5) is 0 Å². The molecule has 0 spiro atoms. The molecule has 0 fully saturated rings. The first kappa shape index (κ1) is 13.7. The fourth-order valence-corrected chi connectivity index (χ4v) is 1.28. The molecule has 6 nitrogen and oxygen atoms in total. The van der Waals surface area contributed by atoms with E-state index in [0.717, 1.165) is 11.5 Å². The van der Waals surface area contributed by atoms with Gasteiger partial charge in [-0.2, -0.15) is 0 Å². The quantitative estimate of drug-likeness (QED) is 0.746. The van der Waals surface area contributed by atoms with Gasteiger partial charge in [-0.25, -0.2) is 4.98 Å². The molecule has 0 radical (unpaired) electrons. The number of nitrogens with zero attached hydrogens (tertiary/aromatic N) is 1. The minimum Gasteiger partial charge on any atom is -0.444 e. The summed E-state index contributed by atoms with van der Waals surface area (Å²) >= 11 is 0. The number of nitrogens with one attached hydrogen (secondary N) is 1. The number of aromatic nitrogens is 1. The van der Waals surface area contributed by atoms with E-state index in [4.69, 9.17) is 14.9 Å². The molecular formula is C11H19N3O3. The van der Waals surface area contributed by atoms with Crippen LogP contribution in [-0.4, -0.2) is 30.6 Å². The topological polar surface area (TPSA) is 90.4 Å². The molecule has 0 saturated heterocycles. The van der Waals surface area contributed by atoms with E-state index < -0.39 is 6.04 Å². The highest BCUT2D eigenvalue weighted by atomic mass is 16.5. The standard InChI is InChI=1S/C11H19N3O3/c1-7-8(2)17-10(14-7)6-13-11(15)9(12)4-5-16-3/h9H,4-6,12H2,1-3H3,(H,13,15). The van der Waals surface area contributed by atoms with Crippen LogP contribution in [0.3, 0.4) is 0 Å². The number of methoxy groups -OCH3 is 1. The van der Waals surface area contributed by atoms with Gasteiger partial charge in [-0.1, -0.05) is 0 Å². The molecule has 1 aromatic heterocycles. The molecule has 0 bridgehead atoms. The molecule has 1 unspecified atom stereocenters. The molecule has 17 heavy (non-hydrogen) atoms. The van der Waals surface area contributed by atoms with E-state index in [0.29, 0.717) is 18.9 Å². The van der Waals surface area contributed by atoms with Crippen molar-refractivity contribution in [2.75, 3.05) is 13.7 Å². The maximum atomic E-state index is 11.6. The number of aryl methyl sites for hydroxylation is 2. The van der Waals surface area contributed by atoms with E-state index in [9.17, 15) is 4.79 Å². The monoisotopic (exact) mass is 241 g/mol. The lowest BCUT2D eigenvalue weighted by atomic mass is 10.2. The summed E-state index contributed by atoms with van der Waals surface area (Å²) in [6, 6.07) is -0.563. The lowest BCUT2D eigenvalue weighted by Crippen LogP contribution is -2.40. The van der Waals surface area contributed by atoms with E-state index >= 15 is 0 Å². The lowest BCUT2D eigenvalue weighted by molar-refractivity contribution is -0.123. The fourth-order valence-electron chi connectivity index (χ4n) is 1.28. The van der Waals surface area contributed by atoms with Crippen molar-refractivity contribution in [2.24, 2.45) is 5.73 Å². The molecule has 0 aliphatic carbocycles. The second kappa shape index (κ2) is 6.36. The van der Waals surface area contributed by atoms with Crippen LogP contribution in [-0.2, 0) is 16.1 Å². The Hall–Kier alpha value is -1.40. The van der Waals surface area contributed by atoms with Gasteiger partial charge in [0, 0.05) is 13.7 Å². The summed E-state index contributed by atoms with van der Waals surface area (Å²) in [6.45, 7) is 4.41. The average molecular weight is 241 g/mol. The first-order valence-electron chi connectivity index (χ1n) is 5.49. The minimum atomic E-state index is -0.563. The number of carbonyl (C=O) groups excluding carboxylic acids is 1. The average Bonchev–Trinajstić information content (AvgIpc) is 2.62. The zero-order chi connectivity index (χ0) is 12.8. The molecule has 1 aromatic rings.